The van der Waals surface area contributed by atoms with Crippen LogP contribution in [0.5, 0.6) is 5.75 Å². The highest BCUT2D eigenvalue weighted by Gasteiger charge is 2.17. The lowest BCUT2D eigenvalue weighted by atomic mass is 9.97. The first-order chi connectivity index (χ1) is 9.02. The van der Waals surface area contributed by atoms with Crippen LogP contribution in [0.1, 0.15) is 27.0 Å². The fourth-order valence-electron chi connectivity index (χ4n) is 2.11. The Morgan fingerprint density at radius 1 is 1.16 bits per heavy atom. The molecule has 2 nitrogen and oxygen atoms in total. The third kappa shape index (κ3) is 2.65. The third-order valence-electron chi connectivity index (χ3n) is 2.99. The lowest BCUT2D eigenvalue weighted by molar-refractivity contribution is 0.103. The molecule has 2 rings (SSSR count). The molecule has 2 aromatic carbocycles. The molecule has 0 aliphatic heterocycles. The molecule has 0 heterocycles. The Hall–Kier alpha value is -2.16. The van der Waals surface area contributed by atoms with E-state index < -0.39 is 5.82 Å². The van der Waals surface area contributed by atoms with Gasteiger partial charge in [0.1, 0.15) is 11.6 Å². The van der Waals surface area contributed by atoms with E-state index in [4.69, 9.17) is 4.74 Å². The van der Waals surface area contributed by atoms with Gasteiger partial charge >= 0.3 is 0 Å². The molecule has 0 saturated heterocycles. The minimum Gasteiger partial charge on any atom is -0.497 e. The van der Waals surface area contributed by atoms with Crippen molar-refractivity contribution in [3.8, 4) is 5.75 Å². The summed E-state index contributed by atoms with van der Waals surface area (Å²) in [4.78, 5) is 12.4. The summed E-state index contributed by atoms with van der Waals surface area (Å²) in [6.45, 7) is 3.54. The average Bonchev–Trinajstić information content (AvgIpc) is 2.37. The third-order valence-corrected chi connectivity index (χ3v) is 2.99. The van der Waals surface area contributed by atoms with Crippen molar-refractivity contribution >= 4 is 5.78 Å². The van der Waals surface area contributed by atoms with E-state index in [9.17, 15) is 9.18 Å². The second-order valence-electron chi connectivity index (χ2n) is 4.50. The lowest BCUT2D eigenvalue weighted by Gasteiger charge is -2.09. The number of methoxy groups -OCH3 is 1. The molecule has 0 bridgehead atoms. The van der Waals surface area contributed by atoms with Crippen LogP contribution in [0.15, 0.2) is 36.4 Å². The van der Waals surface area contributed by atoms with Crippen molar-refractivity contribution in [3.05, 3.63) is 64.5 Å². The predicted molar refractivity (Wildman–Crippen MR) is 72.3 cm³/mol. The molecular weight excluding hydrogens is 243 g/mol. The van der Waals surface area contributed by atoms with Crippen molar-refractivity contribution in [2.45, 2.75) is 13.8 Å². The highest BCUT2D eigenvalue weighted by molar-refractivity contribution is 6.10. The van der Waals surface area contributed by atoms with Crippen molar-refractivity contribution in [2.24, 2.45) is 0 Å². The van der Waals surface area contributed by atoms with Crippen molar-refractivity contribution in [1.82, 2.24) is 0 Å². The minimum absolute atomic E-state index is 0.124. The summed E-state index contributed by atoms with van der Waals surface area (Å²) in [5.74, 6) is -0.227. The first-order valence-electron chi connectivity index (χ1n) is 5.98. The molecule has 0 fully saturated rings. The number of hydrogen-bond acceptors (Lipinski definition) is 2. The smallest absolute Gasteiger partial charge is 0.196 e. The van der Waals surface area contributed by atoms with Gasteiger partial charge in [0.15, 0.2) is 5.78 Å². The van der Waals surface area contributed by atoms with Crippen molar-refractivity contribution in [2.75, 3.05) is 7.11 Å². The number of rotatable bonds is 3. The molecule has 3 heteroatoms. The number of carbonyl (C=O) groups excluding carboxylic acids is 1. The second kappa shape index (κ2) is 5.22. The van der Waals surface area contributed by atoms with Crippen LogP contribution in [0.3, 0.4) is 0 Å². The van der Waals surface area contributed by atoms with E-state index in [1.807, 2.05) is 0 Å². The zero-order chi connectivity index (χ0) is 14.0. The molecule has 0 unspecified atom stereocenters. The van der Waals surface area contributed by atoms with Gasteiger partial charge in [-0.2, -0.15) is 0 Å². The van der Waals surface area contributed by atoms with Gasteiger partial charge in [0, 0.05) is 5.56 Å². The molecule has 0 aromatic heterocycles. The molecule has 98 valence electrons. The maximum atomic E-state index is 14.0. The summed E-state index contributed by atoms with van der Waals surface area (Å²) < 4.78 is 19.1. The number of hydrogen-bond donors (Lipinski definition) is 0. The predicted octanol–water partition coefficient (Wildman–Crippen LogP) is 3.68. The van der Waals surface area contributed by atoms with Gasteiger partial charge < -0.3 is 4.74 Å². The number of halogens is 1. The summed E-state index contributed by atoms with van der Waals surface area (Å²) in [7, 11) is 1.53. The van der Waals surface area contributed by atoms with Gasteiger partial charge in [-0.1, -0.05) is 18.2 Å². The van der Waals surface area contributed by atoms with Crippen LogP contribution in [0, 0.1) is 19.7 Å². The van der Waals surface area contributed by atoms with Crippen LogP contribution in [0.2, 0.25) is 0 Å². The SMILES string of the molecule is COc1cccc(C(=O)c2c(C)cc(C)cc2F)c1. The van der Waals surface area contributed by atoms with E-state index in [1.165, 1.54) is 13.2 Å². The summed E-state index contributed by atoms with van der Waals surface area (Å²) in [6, 6.07) is 9.91. The van der Waals surface area contributed by atoms with Crippen LogP contribution >= 0.6 is 0 Å². The van der Waals surface area contributed by atoms with Crippen molar-refractivity contribution in [3.63, 3.8) is 0 Å². The molecular formula is C16H15FO2. The molecule has 0 aliphatic rings. The van der Waals surface area contributed by atoms with Gasteiger partial charge in [-0.05, 0) is 43.2 Å². The van der Waals surface area contributed by atoms with Crippen molar-refractivity contribution < 1.29 is 13.9 Å². The molecule has 0 atom stereocenters. The zero-order valence-corrected chi connectivity index (χ0v) is 11.2. The summed E-state index contributed by atoms with van der Waals surface area (Å²) in [5.41, 5.74) is 1.99. The first-order valence-corrected chi connectivity index (χ1v) is 5.98. The maximum absolute atomic E-state index is 14.0. The molecule has 0 aliphatic carbocycles. The van der Waals surface area contributed by atoms with E-state index in [-0.39, 0.29) is 11.3 Å². The topological polar surface area (TPSA) is 26.3 Å². The van der Waals surface area contributed by atoms with Crippen LogP contribution in [0.4, 0.5) is 4.39 Å². The summed E-state index contributed by atoms with van der Waals surface area (Å²) in [6.07, 6.45) is 0. The van der Waals surface area contributed by atoms with Crippen LogP contribution < -0.4 is 4.74 Å². The van der Waals surface area contributed by atoms with Crippen molar-refractivity contribution in [1.29, 1.82) is 0 Å². The van der Waals surface area contributed by atoms with Gasteiger partial charge in [0.25, 0.3) is 0 Å². The summed E-state index contributed by atoms with van der Waals surface area (Å²) in [5, 5.41) is 0. The fourth-order valence-corrected chi connectivity index (χ4v) is 2.11. The first kappa shape index (κ1) is 13.3. The molecule has 19 heavy (non-hydrogen) atoms. The van der Waals surface area contributed by atoms with Gasteiger partial charge in [0.05, 0.1) is 12.7 Å². The number of ketones is 1. The van der Waals surface area contributed by atoms with Gasteiger partial charge in [-0.3, -0.25) is 4.79 Å². The number of ether oxygens (including phenoxy) is 1. The van der Waals surface area contributed by atoms with E-state index in [0.29, 0.717) is 16.9 Å². The fraction of sp³-hybridized carbons (Fsp3) is 0.188. The molecule has 0 radical (unpaired) electrons. The molecule has 0 N–H and O–H groups in total. The average molecular weight is 258 g/mol. The van der Waals surface area contributed by atoms with E-state index in [2.05, 4.69) is 0 Å². The van der Waals surface area contributed by atoms with Gasteiger partial charge in [-0.15, -0.1) is 0 Å². The molecule has 2 aromatic rings. The Labute approximate surface area is 111 Å². The Morgan fingerprint density at radius 3 is 2.53 bits per heavy atom. The Bertz CT molecular complexity index is 609. The molecule has 0 saturated carbocycles. The Balaban J connectivity index is 2.50. The normalized spacial score (nSPS) is 10.3. The van der Waals surface area contributed by atoms with Gasteiger partial charge in [0.2, 0.25) is 0 Å². The van der Waals surface area contributed by atoms with Crippen LogP contribution in [0.25, 0.3) is 0 Å². The summed E-state index contributed by atoms with van der Waals surface area (Å²) >= 11 is 0. The Morgan fingerprint density at radius 2 is 1.89 bits per heavy atom. The molecule has 0 spiro atoms. The van der Waals surface area contributed by atoms with Crippen LogP contribution in [-0.2, 0) is 0 Å². The highest BCUT2D eigenvalue weighted by Crippen LogP contribution is 2.21. The van der Waals surface area contributed by atoms with E-state index >= 15 is 0 Å². The van der Waals surface area contributed by atoms with Crippen LogP contribution in [-0.4, -0.2) is 12.9 Å². The lowest BCUT2D eigenvalue weighted by Crippen LogP contribution is -2.07. The monoisotopic (exact) mass is 258 g/mol. The minimum atomic E-state index is -0.481. The number of benzene rings is 2. The van der Waals surface area contributed by atoms with Gasteiger partial charge in [-0.25, -0.2) is 4.39 Å². The highest BCUT2D eigenvalue weighted by atomic mass is 19.1. The number of aryl methyl sites for hydroxylation is 2. The zero-order valence-electron chi connectivity index (χ0n) is 11.2. The quantitative estimate of drug-likeness (QED) is 0.785. The standard InChI is InChI=1S/C16H15FO2/c1-10-7-11(2)15(14(17)8-10)16(18)12-5-4-6-13(9-12)19-3/h4-9H,1-3H3. The number of carbonyl (C=O) groups is 1. The van der Waals surface area contributed by atoms with E-state index in [0.717, 1.165) is 5.56 Å². The molecule has 0 amide bonds. The largest absolute Gasteiger partial charge is 0.497 e. The second-order valence-corrected chi connectivity index (χ2v) is 4.50. The maximum Gasteiger partial charge on any atom is 0.196 e. The van der Waals surface area contributed by atoms with E-state index in [1.54, 1.807) is 44.2 Å². The Kier molecular flexibility index (Phi) is 3.65.